The molecular formula is C20H16ClF3N8O2S. The average Bonchev–Trinajstić information content (AvgIpc) is 3.39. The third-order valence-corrected chi connectivity index (χ3v) is 6.36. The van der Waals surface area contributed by atoms with Gasteiger partial charge in [-0.2, -0.15) is 18.3 Å². The molecule has 0 aliphatic rings. The van der Waals surface area contributed by atoms with Crippen LogP contribution in [0.3, 0.4) is 0 Å². The first-order valence-electron chi connectivity index (χ1n) is 9.90. The van der Waals surface area contributed by atoms with Gasteiger partial charge in [-0.3, -0.25) is 14.3 Å². The first kappa shape index (κ1) is 24.5. The van der Waals surface area contributed by atoms with Gasteiger partial charge < -0.3 is 10.6 Å². The summed E-state index contributed by atoms with van der Waals surface area (Å²) >= 11 is 6.52. The Balaban J connectivity index is 1.48. The van der Waals surface area contributed by atoms with E-state index in [2.05, 4.69) is 35.7 Å². The molecule has 0 unspecified atom stereocenters. The maximum absolute atomic E-state index is 13.0. The predicted molar refractivity (Wildman–Crippen MR) is 121 cm³/mol. The van der Waals surface area contributed by atoms with Gasteiger partial charge in [0.05, 0.1) is 33.9 Å². The van der Waals surface area contributed by atoms with Gasteiger partial charge in [-0.1, -0.05) is 11.6 Å². The molecule has 10 nitrogen and oxygen atoms in total. The smallest absolute Gasteiger partial charge is 0.342 e. The van der Waals surface area contributed by atoms with Crippen LogP contribution in [0.15, 0.2) is 24.8 Å². The Kier molecular flexibility index (Phi) is 6.42. The highest BCUT2D eigenvalue weighted by molar-refractivity contribution is 7.13. The molecule has 15 heteroatoms. The monoisotopic (exact) mass is 524 g/mol. The second kappa shape index (κ2) is 9.19. The Morgan fingerprint density at radius 3 is 2.60 bits per heavy atom. The standard InChI is InChI=1S/C20H16ClF3N8O2S/c1-8-14-15(27-7-28-16(14)32(3)31-8)18(34)29-9(2)19-26-6-12(35-19)17(33)30-13-4-10(20(22,23)24)11(21)5-25-13/h4-7,9H,1-3H3,(H,29,34)(H,25,30,33)/t9-/m0/s1. The van der Waals surface area contributed by atoms with Crippen molar-refractivity contribution in [3.05, 3.63) is 56.6 Å². The van der Waals surface area contributed by atoms with Crippen LogP contribution in [0.25, 0.3) is 11.0 Å². The minimum Gasteiger partial charge on any atom is -0.342 e. The SMILES string of the molecule is Cc1nn(C)c2ncnc(C(=O)N[C@@H](C)c3ncc(C(=O)Nc4cc(C(F)(F)F)c(Cl)cn4)s3)c12. The Morgan fingerprint density at radius 2 is 1.89 bits per heavy atom. The van der Waals surface area contributed by atoms with Crippen LogP contribution in [0.5, 0.6) is 0 Å². The Bertz CT molecular complexity index is 1450. The maximum atomic E-state index is 13.0. The summed E-state index contributed by atoms with van der Waals surface area (Å²) in [6.07, 6.45) is -1.37. The van der Waals surface area contributed by atoms with Gasteiger partial charge in [0.2, 0.25) is 0 Å². The molecule has 0 aliphatic carbocycles. The number of anilines is 1. The van der Waals surface area contributed by atoms with E-state index in [1.54, 1.807) is 25.6 Å². The van der Waals surface area contributed by atoms with E-state index in [-0.39, 0.29) is 16.4 Å². The Labute approximate surface area is 204 Å². The molecule has 35 heavy (non-hydrogen) atoms. The number of thiazole rings is 1. The lowest BCUT2D eigenvalue weighted by atomic mass is 10.2. The van der Waals surface area contributed by atoms with E-state index < -0.39 is 34.6 Å². The lowest BCUT2D eigenvalue weighted by Gasteiger charge is -2.11. The van der Waals surface area contributed by atoms with Crippen LogP contribution < -0.4 is 10.6 Å². The molecule has 4 rings (SSSR count). The summed E-state index contributed by atoms with van der Waals surface area (Å²) in [5, 5.41) is 9.66. The van der Waals surface area contributed by atoms with Crippen molar-refractivity contribution >= 4 is 51.6 Å². The van der Waals surface area contributed by atoms with E-state index in [9.17, 15) is 22.8 Å². The fourth-order valence-electron chi connectivity index (χ4n) is 3.27. The number of nitrogens with zero attached hydrogens (tertiary/aromatic N) is 6. The summed E-state index contributed by atoms with van der Waals surface area (Å²) in [6.45, 7) is 3.41. The van der Waals surface area contributed by atoms with Crippen molar-refractivity contribution in [2.45, 2.75) is 26.1 Å². The zero-order valence-corrected chi connectivity index (χ0v) is 19.9. The highest BCUT2D eigenvalue weighted by Gasteiger charge is 2.34. The third-order valence-electron chi connectivity index (χ3n) is 4.88. The number of aryl methyl sites for hydroxylation is 2. The lowest BCUT2D eigenvalue weighted by Crippen LogP contribution is -2.27. The van der Waals surface area contributed by atoms with E-state index >= 15 is 0 Å². The van der Waals surface area contributed by atoms with Gasteiger partial charge in [-0.15, -0.1) is 11.3 Å². The van der Waals surface area contributed by atoms with Crippen molar-refractivity contribution in [1.29, 1.82) is 0 Å². The summed E-state index contributed by atoms with van der Waals surface area (Å²) in [6, 6.07) is 0.0509. The topological polar surface area (TPSA) is 128 Å². The van der Waals surface area contributed by atoms with Gasteiger partial charge in [0.25, 0.3) is 11.8 Å². The first-order valence-corrected chi connectivity index (χ1v) is 11.1. The van der Waals surface area contributed by atoms with Crippen molar-refractivity contribution in [3.63, 3.8) is 0 Å². The Morgan fingerprint density at radius 1 is 1.14 bits per heavy atom. The number of rotatable bonds is 5. The molecule has 0 aliphatic heterocycles. The quantitative estimate of drug-likeness (QED) is 0.405. The molecule has 4 aromatic rings. The fourth-order valence-corrected chi connectivity index (χ4v) is 4.30. The van der Waals surface area contributed by atoms with Crippen molar-refractivity contribution in [2.24, 2.45) is 7.05 Å². The molecule has 1 atom stereocenters. The predicted octanol–water partition coefficient (Wildman–Crippen LogP) is 3.94. The van der Waals surface area contributed by atoms with Crippen molar-refractivity contribution in [3.8, 4) is 0 Å². The second-order valence-electron chi connectivity index (χ2n) is 7.39. The van der Waals surface area contributed by atoms with Crippen LogP contribution in [0.2, 0.25) is 5.02 Å². The van der Waals surface area contributed by atoms with Crippen molar-refractivity contribution in [1.82, 2.24) is 35.0 Å². The van der Waals surface area contributed by atoms with Gasteiger partial charge in [0.1, 0.15) is 27.7 Å². The summed E-state index contributed by atoms with van der Waals surface area (Å²) in [7, 11) is 1.71. The van der Waals surface area contributed by atoms with E-state index in [0.717, 1.165) is 17.5 Å². The largest absolute Gasteiger partial charge is 0.418 e. The first-order chi connectivity index (χ1) is 16.5. The van der Waals surface area contributed by atoms with Gasteiger partial charge in [0.15, 0.2) is 5.65 Å². The zero-order valence-electron chi connectivity index (χ0n) is 18.3. The molecule has 2 amide bonds. The number of hydrogen-bond donors (Lipinski definition) is 2. The number of halogens is 4. The second-order valence-corrected chi connectivity index (χ2v) is 8.86. The van der Waals surface area contributed by atoms with Gasteiger partial charge in [-0.05, 0) is 19.9 Å². The van der Waals surface area contributed by atoms with Crippen LogP contribution in [0.1, 0.15) is 49.4 Å². The molecule has 0 spiro atoms. The van der Waals surface area contributed by atoms with Crippen LogP contribution in [0.4, 0.5) is 19.0 Å². The molecule has 0 bridgehead atoms. The molecule has 4 aromatic heterocycles. The number of carbonyl (C=O) groups excluding carboxylic acids is 2. The number of nitrogens with one attached hydrogen (secondary N) is 2. The number of fused-ring (bicyclic) bond motifs is 1. The van der Waals surface area contributed by atoms with E-state index in [0.29, 0.717) is 27.8 Å². The van der Waals surface area contributed by atoms with Crippen LogP contribution in [0, 0.1) is 6.92 Å². The Hall–Kier alpha value is -3.65. The zero-order chi connectivity index (χ0) is 25.5. The van der Waals surface area contributed by atoms with E-state index in [4.69, 9.17) is 11.6 Å². The maximum Gasteiger partial charge on any atom is 0.418 e. The lowest BCUT2D eigenvalue weighted by molar-refractivity contribution is -0.137. The highest BCUT2D eigenvalue weighted by atomic mass is 35.5. The van der Waals surface area contributed by atoms with Crippen molar-refractivity contribution < 1.29 is 22.8 Å². The normalized spacial score (nSPS) is 12.5. The van der Waals surface area contributed by atoms with E-state index in [1.165, 1.54) is 12.5 Å². The summed E-state index contributed by atoms with van der Waals surface area (Å²) < 4.78 is 40.7. The number of alkyl halides is 3. The number of amides is 2. The highest BCUT2D eigenvalue weighted by Crippen LogP contribution is 2.35. The van der Waals surface area contributed by atoms with Crippen LogP contribution in [-0.2, 0) is 13.2 Å². The molecule has 0 radical (unpaired) electrons. The molecule has 182 valence electrons. The fraction of sp³-hybridized carbons (Fsp3) is 0.250. The van der Waals surface area contributed by atoms with Crippen molar-refractivity contribution in [2.75, 3.05) is 5.32 Å². The number of aromatic nitrogens is 6. The van der Waals surface area contributed by atoms with Crippen LogP contribution >= 0.6 is 22.9 Å². The third kappa shape index (κ3) is 4.93. The minimum absolute atomic E-state index is 0.110. The summed E-state index contributed by atoms with van der Waals surface area (Å²) in [5.41, 5.74) is 0.135. The number of hydrogen-bond acceptors (Lipinski definition) is 8. The summed E-state index contributed by atoms with van der Waals surface area (Å²) in [5.74, 6) is -1.51. The summed E-state index contributed by atoms with van der Waals surface area (Å²) in [4.78, 5) is 41.6. The van der Waals surface area contributed by atoms with Gasteiger partial charge in [-0.25, -0.2) is 19.9 Å². The molecule has 4 heterocycles. The molecule has 0 aromatic carbocycles. The minimum atomic E-state index is -4.70. The number of pyridine rings is 1. The molecular weight excluding hydrogens is 509 g/mol. The molecule has 2 N–H and O–H groups in total. The number of carbonyl (C=O) groups is 2. The average molecular weight is 525 g/mol. The molecule has 0 saturated heterocycles. The van der Waals surface area contributed by atoms with Gasteiger partial charge in [0, 0.05) is 13.2 Å². The molecule has 0 saturated carbocycles. The van der Waals surface area contributed by atoms with E-state index in [1.807, 2.05) is 0 Å². The van der Waals surface area contributed by atoms with Crippen LogP contribution in [-0.4, -0.2) is 41.5 Å². The molecule has 0 fully saturated rings. The van der Waals surface area contributed by atoms with Gasteiger partial charge >= 0.3 is 6.18 Å².